The Labute approximate surface area is 146 Å². The first kappa shape index (κ1) is 18.3. The second kappa shape index (κ2) is 9.33. The van der Waals surface area contributed by atoms with E-state index in [4.69, 9.17) is 9.47 Å². The predicted molar refractivity (Wildman–Crippen MR) is 99.6 cm³/mol. The zero-order chi connectivity index (χ0) is 17.4. The average molecular weight is 327 g/mol. The van der Waals surface area contributed by atoms with Gasteiger partial charge in [-0.25, -0.2) is 0 Å². The third kappa shape index (κ3) is 5.57. The quantitative estimate of drug-likeness (QED) is 0.705. The van der Waals surface area contributed by atoms with E-state index in [0.29, 0.717) is 12.0 Å². The van der Waals surface area contributed by atoms with Gasteiger partial charge in [0, 0.05) is 12.6 Å². The minimum atomic E-state index is 0.305. The van der Waals surface area contributed by atoms with Crippen LogP contribution in [0.1, 0.15) is 44.4 Å². The maximum atomic E-state index is 5.84. The van der Waals surface area contributed by atoms with Gasteiger partial charge in [-0.15, -0.1) is 0 Å². The summed E-state index contributed by atoms with van der Waals surface area (Å²) >= 11 is 0. The van der Waals surface area contributed by atoms with Crippen LogP contribution in [-0.4, -0.2) is 13.7 Å². The summed E-state index contributed by atoms with van der Waals surface area (Å²) in [6.45, 7) is 8.08. The Morgan fingerprint density at radius 2 is 1.71 bits per heavy atom. The summed E-state index contributed by atoms with van der Waals surface area (Å²) in [5.74, 6) is 2.25. The van der Waals surface area contributed by atoms with Crippen LogP contribution >= 0.6 is 0 Å². The fourth-order valence-electron chi connectivity index (χ4n) is 2.48. The van der Waals surface area contributed by atoms with Crippen LogP contribution in [0, 0.1) is 5.92 Å². The number of benzene rings is 2. The van der Waals surface area contributed by atoms with Crippen molar-refractivity contribution < 1.29 is 9.47 Å². The zero-order valence-corrected chi connectivity index (χ0v) is 15.2. The Morgan fingerprint density at radius 1 is 0.958 bits per heavy atom. The highest BCUT2D eigenvalue weighted by Crippen LogP contribution is 2.28. The molecular weight excluding hydrogens is 298 g/mol. The lowest BCUT2D eigenvalue weighted by Gasteiger charge is -2.16. The van der Waals surface area contributed by atoms with Crippen molar-refractivity contribution in [3.8, 4) is 11.5 Å². The Balaban J connectivity index is 1.93. The minimum absolute atomic E-state index is 0.305. The summed E-state index contributed by atoms with van der Waals surface area (Å²) in [5, 5.41) is 3.55. The third-order valence-corrected chi connectivity index (χ3v) is 4.09. The molecule has 0 aromatic heterocycles. The van der Waals surface area contributed by atoms with Crippen molar-refractivity contribution in [2.75, 3.05) is 13.7 Å². The number of hydrogen-bond acceptors (Lipinski definition) is 3. The van der Waals surface area contributed by atoms with Crippen LogP contribution in [0.25, 0.3) is 0 Å². The van der Waals surface area contributed by atoms with Crippen LogP contribution < -0.4 is 14.8 Å². The molecule has 2 aromatic rings. The SMILES string of the molecule is COc1cc(CNC(C)c2ccccc2)ccc1OCCC(C)C. The van der Waals surface area contributed by atoms with E-state index >= 15 is 0 Å². The molecule has 3 heteroatoms. The zero-order valence-electron chi connectivity index (χ0n) is 15.2. The van der Waals surface area contributed by atoms with Gasteiger partial charge in [-0.2, -0.15) is 0 Å². The van der Waals surface area contributed by atoms with Crippen LogP contribution in [-0.2, 0) is 6.54 Å². The summed E-state index contributed by atoms with van der Waals surface area (Å²) in [5.41, 5.74) is 2.48. The van der Waals surface area contributed by atoms with Crippen molar-refractivity contribution >= 4 is 0 Å². The third-order valence-electron chi connectivity index (χ3n) is 4.09. The number of ether oxygens (including phenoxy) is 2. The van der Waals surface area contributed by atoms with Gasteiger partial charge >= 0.3 is 0 Å². The van der Waals surface area contributed by atoms with E-state index in [1.54, 1.807) is 7.11 Å². The van der Waals surface area contributed by atoms with E-state index in [0.717, 1.165) is 31.1 Å². The minimum Gasteiger partial charge on any atom is -0.493 e. The van der Waals surface area contributed by atoms with Crippen molar-refractivity contribution in [1.82, 2.24) is 5.32 Å². The number of methoxy groups -OCH3 is 1. The Hall–Kier alpha value is -2.00. The van der Waals surface area contributed by atoms with Crippen molar-refractivity contribution in [2.24, 2.45) is 5.92 Å². The topological polar surface area (TPSA) is 30.5 Å². The molecule has 0 radical (unpaired) electrons. The number of hydrogen-bond donors (Lipinski definition) is 1. The van der Waals surface area contributed by atoms with Gasteiger partial charge in [-0.3, -0.25) is 0 Å². The maximum absolute atomic E-state index is 5.84. The summed E-state index contributed by atoms with van der Waals surface area (Å²) in [6, 6.07) is 16.9. The van der Waals surface area contributed by atoms with Gasteiger partial charge in [0.2, 0.25) is 0 Å². The second-order valence-corrected chi connectivity index (χ2v) is 6.53. The molecule has 0 amide bonds. The largest absolute Gasteiger partial charge is 0.493 e. The lowest BCUT2D eigenvalue weighted by atomic mass is 10.1. The molecule has 24 heavy (non-hydrogen) atoms. The van der Waals surface area contributed by atoms with Crippen molar-refractivity contribution in [3.05, 3.63) is 59.7 Å². The smallest absolute Gasteiger partial charge is 0.161 e. The molecule has 0 aliphatic rings. The van der Waals surface area contributed by atoms with Crippen molar-refractivity contribution in [1.29, 1.82) is 0 Å². The lowest BCUT2D eigenvalue weighted by molar-refractivity contribution is 0.273. The number of rotatable bonds is 9. The van der Waals surface area contributed by atoms with Crippen LogP contribution in [0.15, 0.2) is 48.5 Å². The molecule has 0 aliphatic carbocycles. The first-order valence-electron chi connectivity index (χ1n) is 8.68. The van der Waals surface area contributed by atoms with E-state index in [2.05, 4.69) is 62.5 Å². The van der Waals surface area contributed by atoms with Gasteiger partial charge in [-0.1, -0.05) is 50.2 Å². The van der Waals surface area contributed by atoms with Gasteiger partial charge < -0.3 is 14.8 Å². The molecule has 0 saturated heterocycles. The molecule has 1 unspecified atom stereocenters. The fraction of sp³-hybridized carbons (Fsp3) is 0.429. The normalized spacial score (nSPS) is 12.2. The summed E-state index contributed by atoms with van der Waals surface area (Å²) < 4.78 is 11.3. The maximum Gasteiger partial charge on any atom is 0.161 e. The van der Waals surface area contributed by atoms with E-state index in [1.165, 1.54) is 11.1 Å². The molecule has 0 spiro atoms. The van der Waals surface area contributed by atoms with Gasteiger partial charge in [0.25, 0.3) is 0 Å². The van der Waals surface area contributed by atoms with Crippen molar-refractivity contribution in [2.45, 2.75) is 39.8 Å². The molecule has 0 bridgehead atoms. The highest BCUT2D eigenvalue weighted by Gasteiger charge is 2.08. The summed E-state index contributed by atoms with van der Waals surface area (Å²) in [4.78, 5) is 0. The predicted octanol–water partition coefficient (Wildman–Crippen LogP) is 4.97. The highest BCUT2D eigenvalue weighted by atomic mass is 16.5. The van der Waals surface area contributed by atoms with Crippen LogP contribution in [0.3, 0.4) is 0 Å². The second-order valence-electron chi connectivity index (χ2n) is 6.53. The molecule has 0 fully saturated rings. The first-order chi connectivity index (χ1) is 11.6. The molecule has 2 rings (SSSR count). The molecule has 130 valence electrons. The standard InChI is InChI=1S/C21H29NO2/c1-16(2)12-13-24-20-11-10-18(14-21(20)23-4)15-22-17(3)19-8-6-5-7-9-19/h5-11,14,16-17,22H,12-13,15H2,1-4H3. The summed E-state index contributed by atoms with van der Waals surface area (Å²) in [6.07, 6.45) is 1.04. The first-order valence-corrected chi connectivity index (χ1v) is 8.68. The molecule has 0 saturated carbocycles. The van der Waals surface area contributed by atoms with Crippen LogP contribution in [0.5, 0.6) is 11.5 Å². The molecule has 3 nitrogen and oxygen atoms in total. The Kier molecular flexibility index (Phi) is 7.13. The summed E-state index contributed by atoms with van der Waals surface area (Å²) in [7, 11) is 1.69. The van der Waals surface area contributed by atoms with E-state index in [1.807, 2.05) is 12.1 Å². The average Bonchev–Trinajstić information content (AvgIpc) is 2.60. The van der Waals surface area contributed by atoms with Gasteiger partial charge in [0.1, 0.15) is 0 Å². The monoisotopic (exact) mass is 327 g/mol. The fourth-order valence-corrected chi connectivity index (χ4v) is 2.48. The Bertz CT molecular complexity index is 610. The number of nitrogens with one attached hydrogen (secondary N) is 1. The van der Waals surface area contributed by atoms with Gasteiger partial charge in [-0.05, 0) is 42.5 Å². The molecule has 1 atom stereocenters. The van der Waals surface area contributed by atoms with Crippen LogP contribution in [0.4, 0.5) is 0 Å². The lowest BCUT2D eigenvalue weighted by Crippen LogP contribution is -2.18. The van der Waals surface area contributed by atoms with E-state index in [-0.39, 0.29) is 0 Å². The molecule has 2 aromatic carbocycles. The van der Waals surface area contributed by atoms with Gasteiger partial charge in [0.15, 0.2) is 11.5 Å². The van der Waals surface area contributed by atoms with E-state index in [9.17, 15) is 0 Å². The molecular formula is C21H29NO2. The Morgan fingerprint density at radius 3 is 2.38 bits per heavy atom. The van der Waals surface area contributed by atoms with E-state index < -0.39 is 0 Å². The van der Waals surface area contributed by atoms with Crippen LogP contribution in [0.2, 0.25) is 0 Å². The molecule has 0 aliphatic heterocycles. The molecule has 0 heterocycles. The highest BCUT2D eigenvalue weighted by molar-refractivity contribution is 5.43. The van der Waals surface area contributed by atoms with Gasteiger partial charge in [0.05, 0.1) is 13.7 Å². The molecule has 1 N–H and O–H groups in total. The van der Waals surface area contributed by atoms with Crippen molar-refractivity contribution in [3.63, 3.8) is 0 Å².